The Morgan fingerprint density at radius 1 is 1.60 bits per heavy atom. The van der Waals surface area contributed by atoms with Gasteiger partial charge in [0.25, 0.3) is 0 Å². The van der Waals surface area contributed by atoms with E-state index in [9.17, 15) is 9.59 Å². The third kappa shape index (κ3) is 5.64. The van der Waals surface area contributed by atoms with Gasteiger partial charge < -0.3 is 15.2 Å². The smallest absolute Gasteiger partial charge is 0.334 e. The van der Waals surface area contributed by atoms with Crippen LogP contribution in [0, 0.1) is 0 Å². The number of rotatable bonds is 6. The van der Waals surface area contributed by atoms with E-state index < -0.39 is 18.0 Å². The predicted molar refractivity (Wildman–Crippen MR) is 55.0 cm³/mol. The molecule has 0 rings (SSSR count). The normalized spacial score (nSPS) is 11.3. The van der Waals surface area contributed by atoms with Crippen LogP contribution in [-0.4, -0.2) is 36.2 Å². The van der Waals surface area contributed by atoms with Crippen molar-refractivity contribution in [2.24, 2.45) is 0 Å². The van der Waals surface area contributed by atoms with Crippen LogP contribution in [0.2, 0.25) is 0 Å². The first-order valence-electron chi connectivity index (χ1n) is 4.40. The molecule has 0 bridgehead atoms. The van der Waals surface area contributed by atoms with E-state index in [1.807, 2.05) is 0 Å². The summed E-state index contributed by atoms with van der Waals surface area (Å²) in [6.45, 7) is 8.23. The second-order valence-corrected chi connectivity index (χ2v) is 2.89. The second kappa shape index (κ2) is 6.78. The maximum atomic E-state index is 11.2. The lowest BCUT2D eigenvalue weighted by Crippen LogP contribution is -2.28. The summed E-state index contributed by atoms with van der Waals surface area (Å²) in [7, 11) is 0. The van der Waals surface area contributed by atoms with Crippen LogP contribution in [0.1, 0.15) is 6.92 Å². The zero-order valence-electron chi connectivity index (χ0n) is 8.66. The molecule has 0 radical (unpaired) electrons. The van der Waals surface area contributed by atoms with Crippen molar-refractivity contribution in [3.05, 3.63) is 24.8 Å². The van der Waals surface area contributed by atoms with Gasteiger partial charge in [-0.3, -0.25) is 4.79 Å². The van der Waals surface area contributed by atoms with Crippen LogP contribution in [0.3, 0.4) is 0 Å². The molecule has 2 N–H and O–H groups in total. The second-order valence-electron chi connectivity index (χ2n) is 2.89. The van der Waals surface area contributed by atoms with Crippen LogP contribution in [0.5, 0.6) is 0 Å². The molecule has 0 aliphatic rings. The highest BCUT2D eigenvalue weighted by molar-refractivity contribution is 5.93. The van der Waals surface area contributed by atoms with Crippen LogP contribution in [0.4, 0.5) is 0 Å². The Morgan fingerprint density at radius 3 is 2.67 bits per heavy atom. The van der Waals surface area contributed by atoms with Crippen LogP contribution >= 0.6 is 0 Å². The Morgan fingerprint density at radius 2 is 2.20 bits per heavy atom. The fourth-order valence-corrected chi connectivity index (χ4v) is 0.634. The maximum Gasteiger partial charge on any atom is 0.334 e. The zero-order chi connectivity index (χ0) is 11.8. The molecule has 0 spiro atoms. The summed E-state index contributed by atoms with van der Waals surface area (Å²) >= 11 is 0. The quantitative estimate of drug-likeness (QED) is 0.363. The van der Waals surface area contributed by atoms with Gasteiger partial charge in [0.15, 0.2) is 0 Å². The largest absolute Gasteiger partial charge is 0.459 e. The van der Waals surface area contributed by atoms with E-state index in [1.165, 1.54) is 13.0 Å². The highest BCUT2D eigenvalue weighted by Crippen LogP contribution is 1.94. The van der Waals surface area contributed by atoms with Crippen molar-refractivity contribution in [1.82, 2.24) is 5.32 Å². The lowest BCUT2D eigenvalue weighted by molar-refractivity contribution is -0.151. The molecule has 1 atom stereocenters. The number of aliphatic hydroxyl groups is 1. The molecule has 0 aromatic heterocycles. The van der Waals surface area contributed by atoms with Gasteiger partial charge in [0.2, 0.25) is 5.91 Å². The Labute approximate surface area is 88.4 Å². The number of hydrogen-bond donors (Lipinski definition) is 2. The predicted octanol–water partition coefficient (Wildman–Crippen LogP) is -0.231. The Balaban J connectivity index is 3.88. The number of carbonyl (C=O) groups is 2. The summed E-state index contributed by atoms with van der Waals surface area (Å²) in [5.41, 5.74) is 0.117. The van der Waals surface area contributed by atoms with Crippen molar-refractivity contribution in [3.63, 3.8) is 0 Å². The van der Waals surface area contributed by atoms with Gasteiger partial charge >= 0.3 is 5.97 Å². The minimum atomic E-state index is -1.20. The standard InChI is InChI=1S/C10H15NO4/c1-4-5-11-9(13)7(2)6-15-10(14)8(3)12/h4,8,12H,1-2,5-6H2,3H3,(H,11,13). The first-order chi connectivity index (χ1) is 6.99. The fraction of sp³-hybridized carbons (Fsp3) is 0.400. The van der Waals surface area contributed by atoms with E-state index in [1.54, 1.807) is 0 Å². The maximum absolute atomic E-state index is 11.2. The Kier molecular flexibility index (Phi) is 6.05. The minimum absolute atomic E-state index is 0.117. The molecule has 0 aromatic rings. The molecule has 0 aromatic carbocycles. The van der Waals surface area contributed by atoms with Gasteiger partial charge in [-0.05, 0) is 6.92 Å². The number of hydrogen-bond acceptors (Lipinski definition) is 4. The minimum Gasteiger partial charge on any atom is -0.459 e. The number of carbonyl (C=O) groups excluding carboxylic acids is 2. The van der Waals surface area contributed by atoms with Crippen molar-refractivity contribution in [2.45, 2.75) is 13.0 Å². The summed E-state index contributed by atoms with van der Waals surface area (Å²) in [5.74, 6) is -1.19. The van der Waals surface area contributed by atoms with Crippen LogP contribution in [0.15, 0.2) is 24.8 Å². The number of esters is 1. The number of nitrogens with one attached hydrogen (secondary N) is 1. The molecule has 1 unspecified atom stereocenters. The Hall–Kier alpha value is -1.62. The van der Waals surface area contributed by atoms with Gasteiger partial charge in [-0.25, -0.2) is 4.79 Å². The van der Waals surface area contributed by atoms with Crippen molar-refractivity contribution >= 4 is 11.9 Å². The molecule has 5 heteroatoms. The van der Waals surface area contributed by atoms with E-state index >= 15 is 0 Å². The van der Waals surface area contributed by atoms with Crippen LogP contribution < -0.4 is 5.32 Å². The van der Waals surface area contributed by atoms with E-state index in [0.717, 1.165) is 0 Å². The molecule has 5 nitrogen and oxygen atoms in total. The lowest BCUT2D eigenvalue weighted by Gasteiger charge is -2.08. The summed E-state index contributed by atoms with van der Waals surface area (Å²) in [5, 5.41) is 11.3. The summed E-state index contributed by atoms with van der Waals surface area (Å²) in [6, 6.07) is 0. The van der Waals surface area contributed by atoms with E-state index in [2.05, 4.69) is 23.2 Å². The summed E-state index contributed by atoms with van der Waals surface area (Å²) in [6.07, 6.45) is 0.321. The fourth-order valence-electron chi connectivity index (χ4n) is 0.634. The van der Waals surface area contributed by atoms with Gasteiger partial charge in [0, 0.05) is 12.1 Å². The third-order valence-electron chi connectivity index (χ3n) is 1.46. The number of aliphatic hydroxyl groups excluding tert-OH is 1. The van der Waals surface area contributed by atoms with E-state index in [4.69, 9.17) is 5.11 Å². The lowest BCUT2D eigenvalue weighted by atomic mass is 10.3. The molecule has 0 aliphatic carbocycles. The topological polar surface area (TPSA) is 75.6 Å². The number of ether oxygens (including phenoxy) is 1. The SMILES string of the molecule is C=CCNC(=O)C(=C)COC(=O)C(C)O. The third-order valence-corrected chi connectivity index (χ3v) is 1.46. The van der Waals surface area contributed by atoms with Crippen molar-refractivity contribution in [2.75, 3.05) is 13.2 Å². The van der Waals surface area contributed by atoms with Gasteiger partial charge in [-0.1, -0.05) is 12.7 Å². The van der Waals surface area contributed by atoms with Crippen molar-refractivity contribution in [3.8, 4) is 0 Å². The molecule has 84 valence electrons. The van der Waals surface area contributed by atoms with Crippen LogP contribution in [-0.2, 0) is 14.3 Å². The summed E-state index contributed by atoms with van der Waals surface area (Å²) in [4.78, 5) is 22.0. The molecule has 0 aliphatic heterocycles. The molecule has 0 fully saturated rings. The Bertz CT molecular complexity index is 271. The molecule has 0 heterocycles. The highest BCUT2D eigenvalue weighted by Gasteiger charge is 2.12. The summed E-state index contributed by atoms with van der Waals surface area (Å²) < 4.78 is 4.59. The molecule has 0 saturated carbocycles. The van der Waals surface area contributed by atoms with Crippen LogP contribution in [0.25, 0.3) is 0 Å². The molecule has 0 saturated heterocycles. The zero-order valence-corrected chi connectivity index (χ0v) is 8.66. The van der Waals surface area contributed by atoms with E-state index in [-0.39, 0.29) is 12.2 Å². The van der Waals surface area contributed by atoms with Gasteiger partial charge in [0.05, 0.1) is 0 Å². The average molecular weight is 213 g/mol. The highest BCUT2D eigenvalue weighted by atomic mass is 16.5. The first kappa shape index (κ1) is 13.4. The molecule has 1 amide bonds. The monoisotopic (exact) mass is 213 g/mol. The number of amides is 1. The van der Waals surface area contributed by atoms with Crippen molar-refractivity contribution < 1.29 is 19.4 Å². The van der Waals surface area contributed by atoms with E-state index in [0.29, 0.717) is 6.54 Å². The van der Waals surface area contributed by atoms with Gasteiger partial charge in [0.1, 0.15) is 12.7 Å². The van der Waals surface area contributed by atoms with Crippen molar-refractivity contribution in [1.29, 1.82) is 0 Å². The molecule has 15 heavy (non-hydrogen) atoms. The molecular weight excluding hydrogens is 198 g/mol. The molecular formula is C10H15NO4. The van der Waals surface area contributed by atoms with Gasteiger partial charge in [-0.2, -0.15) is 0 Å². The van der Waals surface area contributed by atoms with Gasteiger partial charge in [-0.15, -0.1) is 6.58 Å². The average Bonchev–Trinajstić information content (AvgIpc) is 2.21. The first-order valence-corrected chi connectivity index (χ1v) is 4.40.